The largest absolute Gasteiger partial charge is 0.360 e. The number of nitrogens with one attached hydrogen (secondary N) is 2. The van der Waals surface area contributed by atoms with E-state index in [1.807, 2.05) is 18.2 Å². The smallest absolute Gasteiger partial charge is 0.181 e. The first-order valence-corrected chi connectivity index (χ1v) is 6.18. The van der Waals surface area contributed by atoms with Crippen LogP contribution >= 0.6 is 11.6 Å². The summed E-state index contributed by atoms with van der Waals surface area (Å²) in [5, 5.41) is 4.69. The third kappa shape index (κ3) is 1.75. The number of hydrogen-bond donors (Lipinski definition) is 2. The van der Waals surface area contributed by atoms with Crippen molar-refractivity contribution in [1.82, 2.24) is 10.3 Å². The van der Waals surface area contributed by atoms with Crippen LogP contribution in [0.3, 0.4) is 0 Å². The molecule has 0 spiro atoms. The predicted molar refractivity (Wildman–Crippen MR) is 68.7 cm³/mol. The molecular weight excluding hydrogens is 236 g/mol. The van der Waals surface area contributed by atoms with E-state index in [2.05, 4.69) is 10.3 Å². The Morgan fingerprint density at radius 2 is 2.29 bits per heavy atom. The summed E-state index contributed by atoms with van der Waals surface area (Å²) in [5.41, 5.74) is 1.61. The van der Waals surface area contributed by atoms with Crippen LogP contribution in [0.15, 0.2) is 24.4 Å². The predicted octanol–water partition coefficient (Wildman–Crippen LogP) is 2.76. The molecular formula is C13H13ClN2O. The maximum Gasteiger partial charge on any atom is 0.181 e. The van der Waals surface area contributed by atoms with Crippen LogP contribution in [0.1, 0.15) is 23.2 Å². The van der Waals surface area contributed by atoms with Gasteiger partial charge in [-0.15, -0.1) is 0 Å². The molecule has 1 aliphatic heterocycles. The van der Waals surface area contributed by atoms with Crippen molar-refractivity contribution < 1.29 is 4.79 Å². The fourth-order valence-electron chi connectivity index (χ4n) is 2.43. The number of Topliss-reactive ketones (excluding diaryl/α,β-unsaturated/α-hetero) is 1. The van der Waals surface area contributed by atoms with Gasteiger partial charge in [0.2, 0.25) is 0 Å². The van der Waals surface area contributed by atoms with Gasteiger partial charge in [-0.25, -0.2) is 0 Å². The number of hydrogen-bond acceptors (Lipinski definition) is 2. The topological polar surface area (TPSA) is 44.9 Å². The number of halogens is 1. The molecule has 0 saturated carbocycles. The number of aromatic nitrogens is 1. The van der Waals surface area contributed by atoms with Gasteiger partial charge >= 0.3 is 0 Å². The monoisotopic (exact) mass is 248 g/mol. The summed E-state index contributed by atoms with van der Waals surface area (Å²) in [5.74, 6) is 0.141. The van der Waals surface area contributed by atoms with Crippen LogP contribution < -0.4 is 5.32 Å². The van der Waals surface area contributed by atoms with E-state index < -0.39 is 0 Å². The van der Waals surface area contributed by atoms with Gasteiger partial charge in [0.05, 0.1) is 11.1 Å². The van der Waals surface area contributed by atoms with Gasteiger partial charge in [0.1, 0.15) is 0 Å². The molecule has 3 nitrogen and oxygen atoms in total. The number of fused-ring (bicyclic) bond motifs is 1. The average molecular weight is 249 g/mol. The summed E-state index contributed by atoms with van der Waals surface area (Å²) in [4.78, 5) is 15.4. The second-order valence-corrected chi connectivity index (χ2v) is 4.79. The van der Waals surface area contributed by atoms with Gasteiger partial charge in [0, 0.05) is 22.7 Å². The molecule has 17 heavy (non-hydrogen) atoms. The third-order valence-electron chi connectivity index (χ3n) is 3.30. The molecule has 2 aromatic rings. The molecule has 1 aromatic carbocycles. The van der Waals surface area contributed by atoms with Crippen LogP contribution in [0.4, 0.5) is 0 Å². The number of benzene rings is 1. The van der Waals surface area contributed by atoms with Crippen molar-refractivity contribution in [2.75, 3.05) is 6.54 Å². The summed E-state index contributed by atoms with van der Waals surface area (Å²) in [7, 11) is 0. The molecule has 1 aliphatic rings. The highest BCUT2D eigenvalue weighted by molar-refractivity contribution is 6.37. The molecule has 0 radical (unpaired) electrons. The quantitative estimate of drug-likeness (QED) is 0.803. The Bertz CT molecular complexity index is 570. The molecule has 2 N–H and O–H groups in total. The average Bonchev–Trinajstić information content (AvgIpc) is 2.98. The van der Waals surface area contributed by atoms with E-state index >= 15 is 0 Å². The van der Waals surface area contributed by atoms with Crippen molar-refractivity contribution in [2.24, 2.45) is 0 Å². The van der Waals surface area contributed by atoms with Gasteiger partial charge in [-0.1, -0.05) is 17.7 Å². The van der Waals surface area contributed by atoms with Crippen LogP contribution in [0.25, 0.3) is 10.9 Å². The highest BCUT2D eigenvalue weighted by Gasteiger charge is 2.25. The Balaban J connectivity index is 2.08. The molecule has 4 heteroatoms. The molecule has 0 aliphatic carbocycles. The van der Waals surface area contributed by atoms with Crippen molar-refractivity contribution in [2.45, 2.75) is 18.9 Å². The van der Waals surface area contributed by atoms with Crippen LogP contribution in [0.2, 0.25) is 5.02 Å². The van der Waals surface area contributed by atoms with E-state index in [9.17, 15) is 4.79 Å². The molecule has 1 fully saturated rings. The Morgan fingerprint density at radius 3 is 3.06 bits per heavy atom. The van der Waals surface area contributed by atoms with Gasteiger partial charge < -0.3 is 10.3 Å². The molecule has 88 valence electrons. The van der Waals surface area contributed by atoms with Gasteiger partial charge in [0.25, 0.3) is 0 Å². The first kappa shape index (κ1) is 10.8. The molecule has 1 atom stereocenters. The summed E-state index contributed by atoms with van der Waals surface area (Å²) in [6.07, 6.45) is 3.74. The van der Waals surface area contributed by atoms with Crippen molar-refractivity contribution in [3.63, 3.8) is 0 Å². The standard InChI is InChI=1S/C13H13ClN2O/c14-9-3-1-4-10-12(9)8(7-16-10)13(17)11-5-2-6-15-11/h1,3-4,7,11,15-16H,2,5-6H2. The minimum atomic E-state index is -0.0507. The van der Waals surface area contributed by atoms with Crippen LogP contribution in [0, 0.1) is 0 Å². The molecule has 2 heterocycles. The van der Waals surface area contributed by atoms with Crippen LogP contribution in [0.5, 0.6) is 0 Å². The fourth-order valence-corrected chi connectivity index (χ4v) is 2.71. The Kier molecular flexibility index (Phi) is 2.65. The maximum atomic E-state index is 12.3. The zero-order valence-corrected chi connectivity index (χ0v) is 10.1. The number of ketones is 1. The normalized spacial score (nSPS) is 19.9. The summed E-state index contributed by atoms with van der Waals surface area (Å²) in [6.45, 7) is 0.923. The van der Waals surface area contributed by atoms with E-state index in [0.717, 1.165) is 30.3 Å². The lowest BCUT2D eigenvalue weighted by molar-refractivity contribution is 0.0954. The van der Waals surface area contributed by atoms with E-state index in [0.29, 0.717) is 10.6 Å². The van der Waals surface area contributed by atoms with Gasteiger partial charge in [-0.3, -0.25) is 4.79 Å². The Labute approximate surface area is 104 Å². The van der Waals surface area contributed by atoms with E-state index in [-0.39, 0.29) is 11.8 Å². The lowest BCUT2D eigenvalue weighted by atomic mass is 10.0. The SMILES string of the molecule is O=C(c1c[nH]c2cccc(Cl)c12)C1CCCN1. The second-order valence-electron chi connectivity index (χ2n) is 4.38. The Hall–Kier alpha value is -1.32. The maximum absolute atomic E-state index is 12.3. The minimum Gasteiger partial charge on any atom is -0.360 e. The van der Waals surface area contributed by atoms with E-state index in [1.54, 1.807) is 6.20 Å². The highest BCUT2D eigenvalue weighted by atomic mass is 35.5. The summed E-state index contributed by atoms with van der Waals surface area (Å²) in [6, 6.07) is 5.57. The molecule has 0 bridgehead atoms. The molecule has 3 rings (SSSR count). The zero-order valence-electron chi connectivity index (χ0n) is 9.29. The first-order chi connectivity index (χ1) is 8.27. The van der Waals surface area contributed by atoms with E-state index in [4.69, 9.17) is 11.6 Å². The fraction of sp³-hybridized carbons (Fsp3) is 0.308. The van der Waals surface area contributed by atoms with E-state index in [1.165, 1.54) is 0 Å². The van der Waals surface area contributed by atoms with Crippen molar-refractivity contribution in [3.8, 4) is 0 Å². The number of H-pyrrole nitrogens is 1. The summed E-state index contributed by atoms with van der Waals surface area (Å²) < 4.78 is 0. The van der Waals surface area contributed by atoms with Crippen molar-refractivity contribution in [1.29, 1.82) is 0 Å². The third-order valence-corrected chi connectivity index (χ3v) is 3.61. The first-order valence-electron chi connectivity index (χ1n) is 5.80. The zero-order chi connectivity index (χ0) is 11.8. The lowest BCUT2D eigenvalue weighted by Crippen LogP contribution is -2.30. The highest BCUT2D eigenvalue weighted by Crippen LogP contribution is 2.28. The van der Waals surface area contributed by atoms with Gasteiger partial charge in [-0.05, 0) is 31.5 Å². The number of aromatic amines is 1. The molecule has 0 amide bonds. The number of carbonyl (C=O) groups is 1. The van der Waals surface area contributed by atoms with Crippen LogP contribution in [-0.4, -0.2) is 23.4 Å². The number of rotatable bonds is 2. The molecule has 1 aromatic heterocycles. The molecule has 1 unspecified atom stereocenters. The van der Waals surface area contributed by atoms with Crippen LogP contribution in [-0.2, 0) is 0 Å². The molecule has 1 saturated heterocycles. The minimum absolute atomic E-state index is 0.0507. The van der Waals surface area contributed by atoms with Crippen molar-refractivity contribution >= 4 is 28.3 Å². The second kappa shape index (κ2) is 4.17. The van der Waals surface area contributed by atoms with Gasteiger partial charge in [-0.2, -0.15) is 0 Å². The van der Waals surface area contributed by atoms with Crippen molar-refractivity contribution in [3.05, 3.63) is 35.0 Å². The summed E-state index contributed by atoms with van der Waals surface area (Å²) >= 11 is 6.16. The Morgan fingerprint density at radius 1 is 1.41 bits per heavy atom. The lowest BCUT2D eigenvalue weighted by Gasteiger charge is -2.08. The number of carbonyl (C=O) groups excluding carboxylic acids is 1. The van der Waals surface area contributed by atoms with Gasteiger partial charge in [0.15, 0.2) is 5.78 Å².